The number of carbonyl (C=O) groups excluding carboxylic acids is 3. The molecule has 0 aliphatic carbocycles. The van der Waals surface area contributed by atoms with Crippen molar-refractivity contribution in [3.63, 3.8) is 0 Å². The van der Waals surface area contributed by atoms with Gasteiger partial charge in [0.1, 0.15) is 11.6 Å². The summed E-state index contributed by atoms with van der Waals surface area (Å²) in [6, 6.07) is 18.6. The van der Waals surface area contributed by atoms with Gasteiger partial charge in [-0.15, -0.1) is 0 Å². The van der Waals surface area contributed by atoms with E-state index in [-0.39, 0.29) is 24.4 Å². The number of hydrogen-bond donors (Lipinski definition) is 3. The van der Waals surface area contributed by atoms with Gasteiger partial charge in [-0.05, 0) is 67.2 Å². The lowest BCUT2D eigenvalue weighted by Crippen LogP contribution is -2.40. The highest BCUT2D eigenvalue weighted by molar-refractivity contribution is 6.10. The number of aromatic nitrogens is 2. The van der Waals surface area contributed by atoms with Crippen molar-refractivity contribution in [2.75, 3.05) is 25.5 Å². The Balaban J connectivity index is 1.39. The van der Waals surface area contributed by atoms with Crippen LogP contribution in [0.5, 0.6) is 0 Å². The number of anilines is 1. The van der Waals surface area contributed by atoms with Gasteiger partial charge in [-0.25, -0.2) is 8.78 Å². The van der Waals surface area contributed by atoms with Crippen LogP contribution in [0.4, 0.5) is 14.5 Å². The summed E-state index contributed by atoms with van der Waals surface area (Å²) in [6.07, 6.45) is 3.08. The maximum Gasteiger partial charge on any atom is 0.263 e. The molecule has 0 saturated heterocycles. The van der Waals surface area contributed by atoms with E-state index in [0.717, 1.165) is 17.6 Å². The van der Waals surface area contributed by atoms with Crippen molar-refractivity contribution in [3.05, 3.63) is 135 Å². The van der Waals surface area contributed by atoms with Gasteiger partial charge in [-0.1, -0.05) is 43.3 Å². The summed E-state index contributed by atoms with van der Waals surface area (Å²) in [5, 5.41) is 6.14. The molecule has 230 valence electrons. The van der Waals surface area contributed by atoms with E-state index in [1.54, 1.807) is 54.7 Å². The van der Waals surface area contributed by atoms with Crippen LogP contribution in [-0.2, 0) is 11.3 Å². The summed E-state index contributed by atoms with van der Waals surface area (Å²) < 4.78 is 28.3. The Morgan fingerprint density at radius 2 is 1.71 bits per heavy atom. The molecule has 0 aliphatic heterocycles. The first-order valence-corrected chi connectivity index (χ1v) is 14.3. The first-order chi connectivity index (χ1) is 21.6. The van der Waals surface area contributed by atoms with Crippen molar-refractivity contribution in [2.45, 2.75) is 19.5 Å². The molecule has 0 fully saturated rings. The van der Waals surface area contributed by atoms with E-state index < -0.39 is 35.0 Å². The molecule has 1 atom stereocenters. The molecule has 0 unspecified atom stereocenters. The molecular formula is C34H31F2N5O4. The van der Waals surface area contributed by atoms with Crippen molar-refractivity contribution < 1.29 is 23.2 Å². The molecule has 3 aromatic carbocycles. The molecule has 9 nitrogen and oxygen atoms in total. The zero-order chi connectivity index (χ0) is 32.1. The van der Waals surface area contributed by atoms with E-state index in [1.165, 1.54) is 29.0 Å². The summed E-state index contributed by atoms with van der Waals surface area (Å²) in [7, 11) is 1.85. The van der Waals surface area contributed by atoms with Gasteiger partial charge in [0.25, 0.3) is 17.4 Å². The number of nitrogens with one attached hydrogen (secondary N) is 3. The number of halogens is 2. The number of carbonyl (C=O) groups is 3. The Bertz CT molecular complexity index is 1940. The number of likely N-dealkylation sites (N-methyl/N-ethyl adjacent to an activating group) is 1. The van der Waals surface area contributed by atoms with E-state index in [1.807, 2.05) is 18.9 Å². The molecule has 2 aromatic heterocycles. The molecule has 2 amide bonds. The predicted octanol–water partition coefficient (Wildman–Crippen LogP) is 4.90. The fourth-order valence-corrected chi connectivity index (χ4v) is 4.91. The smallest absolute Gasteiger partial charge is 0.263 e. The average molecular weight is 612 g/mol. The number of hydrogen-bond acceptors (Lipinski definition) is 5. The zero-order valence-corrected chi connectivity index (χ0v) is 24.6. The standard InChI is InChI=1S/C34H31F2N5O4/c1-3-40(2)20-30(42)26-18-37-29-14-12-23(17-25(26)29)38-33(44)31(22-8-5-4-6-9-22)39-32(43)24-10-7-15-41(34(24)45)19-21-11-13-27(35)28(36)16-21/h4-18,31,37H,3,19-20H2,1-2H3,(H,38,44)(H,39,43)/t31-/m1/s1. The Kier molecular flexibility index (Phi) is 9.29. The maximum absolute atomic E-state index is 13.7. The number of rotatable bonds is 11. The average Bonchev–Trinajstić information content (AvgIpc) is 3.46. The minimum atomic E-state index is -1.18. The van der Waals surface area contributed by atoms with Gasteiger partial charge < -0.3 is 20.2 Å². The maximum atomic E-state index is 13.7. The Labute approximate surface area is 257 Å². The third-order valence-corrected chi connectivity index (χ3v) is 7.48. The van der Waals surface area contributed by atoms with E-state index in [0.29, 0.717) is 34.3 Å². The number of H-pyrrole nitrogens is 1. The first-order valence-electron chi connectivity index (χ1n) is 14.3. The minimum Gasteiger partial charge on any atom is -0.360 e. The van der Waals surface area contributed by atoms with Gasteiger partial charge >= 0.3 is 0 Å². The molecule has 3 N–H and O–H groups in total. The third-order valence-electron chi connectivity index (χ3n) is 7.48. The molecule has 5 aromatic rings. The number of amides is 2. The second-order valence-electron chi connectivity index (χ2n) is 10.6. The predicted molar refractivity (Wildman–Crippen MR) is 167 cm³/mol. The lowest BCUT2D eigenvalue weighted by atomic mass is 10.0. The molecule has 45 heavy (non-hydrogen) atoms. The molecule has 0 saturated carbocycles. The highest BCUT2D eigenvalue weighted by Gasteiger charge is 2.25. The van der Waals surface area contributed by atoms with Crippen LogP contribution in [0.3, 0.4) is 0 Å². The SMILES string of the molecule is CCN(C)CC(=O)c1c[nH]c2ccc(NC(=O)[C@H](NC(=O)c3cccn(Cc4ccc(F)c(F)c4)c3=O)c3ccccc3)cc12. The van der Waals surface area contributed by atoms with Gasteiger partial charge in [0, 0.05) is 34.5 Å². The number of Topliss-reactive ketones (excluding diaryl/α,β-unsaturated/α-hetero) is 1. The first kappa shape index (κ1) is 31.0. The number of nitrogens with zero attached hydrogens (tertiary/aromatic N) is 2. The normalized spacial score (nSPS) is 11.8. The van der Waals surface area contributed by atoms with E-state index >= 15 is 0 Å². The number of pyridine rings is 1. The van der Waals surface area contributed by atoms with E-state index in [2.05, 4.69) is 15.6 Å². The highest BCUT2D eigenvalue weighted by atomic mass is 19.2. The number of ketones is 1. The zero-order valence-electron chi connectivity index (χ0n) is 24.6. The molecule has 11 heteroatoms. The lowest BCUT2D eigenvalue weighted by molar-refractivity contribution is -0.118. The fraction of sp³-hybridized carbons (Fsp3) is 0.176. The van der Waals surface area contributed by atoms with Crippen LogP contribution in [0, 0.1) is 11.6 Å². The Hall–Kier alpha value is -5.42. The summed E-state index contributed by atoms with van der Waals surface area (Å²) in [5.74, 6) is -3.49. The highest BCUT2D eigenvalue weighted by Crippen LogP contribution is 2.24. The van der Waals surface area contributed by atoms with Crippen LogP contribution in [-0.4, -0.2) is 52.2 Å². The van der Waals surface area contributed by atoms with Gasteiger partial charge in [0.2, 0.25) is 0 Å². The van der Waals surface area contributed by atoms with Crippen LogP contribution >= 0.6 is 0 Å². The van der Waals surface area contributed by atoms with Crippen LogP contribution < -0.4 is 16.2 Å². The molecule has 0 aliphatic rings. The number of aromatic amines is 1. The van der Waals surface area contributed by atoms with Gasteiger partial charge in [-0.3, -0.25) is 24.1 Å². The second kappa shape index (κ2) is 13.5. The molecule has 0 radical (unpaired) electrons. The van der Waals surface area contributed by atoms with Crippen LogP contribution in [0.2, 0.25) is 0 Å². The van der Waals surface area contributed by atoms with Crippen LogP contribution in [0.1, 0.15) is 44.8 Å². The summed E-state index contributed by atoms with van der Waals surface area (Å²) in [6.45, 7) is 2.82. The quantitative estimate of drug-likeness (QED) is 0.184. The lowest BCUT2D eigenvalue weighted by Gasteiger charge is -2.19. The molecule has 0 bridgehead atoms. The largest absolute Gasteiger partial charge is 0.360 e. The van der Waals surface area contributed by atoms with Gasteiger partial charge in [0.05, 0.1) is 13.1 Å². The van der Waals surface area contributed by atoms with Crippen molar-refractivity contribution in [2.24, 2.45) is 0 Å². The van der Waals surface area contributed by atoms with E-state index in [9.17, 15) is 28.0 Å². The minimum absolute atomic E-state index is 0.0680. The number of benzene rings is 3. The number of fused-ring (bicyclic) bond motifs is 1. The van der Waals surface area contributed by atoms with Crippen molar-refractivity contribution in [1.29, 1.82) is 0 Å². The second-order valence-corrected chi connectivity index (χ2v) is 10.6. The Morgan fingerprint density at radius 1 is 0.933 bits per heavy atom. The topological polar surface area (TPSA) is 116 Å². The van der Waals surface area contributed by atoms with Crippen molar-refractivity contribution >= 4 is 34.2 Å². The van der Waals surface area contributed by atoms with Crippen LogP contribution in [0.25, 0.3) is 10.9 Å². The summed E-state index contributed by atoms with van der Waals surface area (Å²) in [4.78, 5) is 58.2. The fourth-order valence-electron chi connectivity index (χ4n) is 4.91. The molecule has 5 rings (SSSR count). The third kappa shape index (κ3) is 7.05. The van der Waals surface area contributed by atoms with E-state index in [4.69, 9.17) is 0 Å². The van der Waals surface area contributed by atoms with Gasteiger partial charge in [-0.2, -0.15) is 0 Å². The van der Waals surface area contributed by atoms with Crippen molar-refractivity contribution in [1.82, 2.24) is 19.8 Å². The monoisotopic (exact) mass is 611 g/mol. The molecule has 2 heterocycles. The Morgan fingerprint density at radius 3 is 2.44 bits per heavy atom. The molecular weight excluding hydrogens is 580 g/mol. The van der Waals surface area contributed by atoms with Gasteiger partial charge in [0.15, 0.2) is 17.4 Å². The molecule has 0 spiro atoms. The summed E-state index contributed by atoms with van der Waals surface area (Å²) >= 11 is 0. The summed E-state index contributed by atoms with van der Waals surface area (Å²) in [5.41, 5.74) is 1.54. The van der Waals surface area contributed by atoms with Crippen molar-refractivity contribution in [3.8, 4) is 0 Å². The van der Waals surface area contributed by atoms with Crippen LogP contribution in [0.15, 0.2) is 96.1 Å².